The van der Waals surface area contributed by atoms with E-state index in [1.807, 2.05) is 146 Å². The molecule has 0 bridgehead atoms. The summed E-state index contributed by atoms with van der Waals surface area (Å²) in [6.07, 6.45) is 0. The van der Waals surface area contributed by atoms with Crippen molar-refractivity contribution in [1.82, 2.24) is 0 Å². The van der Waals surface area contributed by atoms with Gasteiger partial charge in [0.05, 0.1) is 51.3 Å². The summed E-state index contributed by atoms with van der Waals surface area (Å²) in [7, 11) is 6.39. The Kier molecular flexibility index (Phi) is 9.93. The van der Waals surface area contributed by atoms with Gasteiger partial charge in [-0.1, -0.05) is 120 Å². The summed E-state index contributed by atoms with van der Waals surface area (Å²) in [5, 5.41) is 0.859. The van der Waals surface area contributed by atoms with Gasteiger partial charge < -0.3 is 18.9 Å². The molecule has 6 aromatic rings. The predicted molar refractivity (Wildman–Crippen MR) is 224 cm³/mol. The van der Waals surface area contributed by atoms with E-state index >= 15 is 0 Å². The van der Waals surface area contributed by atoms with Crippen LogP contribution in [0.4, 0.5) is 0 Å². The minimum Gasteiger partial charge on any atom is -0.493 e. The summed E-state index contributed by atoms with van der Waals surface area (Å²) in [4.78, 5) is 22.8. The molecule has 56 heavy (non-hydrogen) atoms. The molecule has 0 spiro atoms. The summed E-state index contributed by atoms with van der Waals surface area (Å²) in [6.45, 7) is 0. The zero-order valence-corrected chi connectivity index (χ0v) is 32.5. The number of methoxy groups -OCH3 is 4. The standard InChI is InChI=1S/C46H36Cl2N4O4/c1-53-37-25-23-31(27-39(37)55-3)43-44(32-24-26-38(54-2)40(28-32)56-4)52-46(51-43,34-20-12-14-22-36(34)48)45(33-19-11-13-21-35(33)47)49-41(29-15-7-5-8-16-29)42(50-45)30-17-9-6-10-18-30/h5-28H,1-4H3. The van der Waals surface area contributed by atoms with E-state index in [4.69, 9.17) is 62.1 Å². The fraction of sp³-hybridized carbons (Fsp3) is 0.130. The molecule has 10 heteroatoms. The van der Waals surface area contributed by atoms with Crippen LogP contribution in [-0.4, -0.2) is 51.3 Å². The van der Waals surface area contributed by atoms with Gasteiger partial charge in [0, 0.05) is 43.4 Å². The molecule has 0 atom stereocenters. The van der Waals surface area contributed by atoms with Crippen molar-refractivity contribution in [3.8, 4) is 23.0 Å². The Labute approximate surface area is 335 Å². The van der Waals surface area contributed by atoms with Gasteiger partial charge in [0.15, 0.2) is 23.0 Å². The number of halogens is 2. The predicted octanol–water partition coefficient (Wildman–Crippen LogP) is 10.0. The summed E-state index contributed by atoms with van der Waals surface area (Å²) in [5.74, 6) is 2.17. The highest BCUT2D eigenvalue weighted by atomic mass is 35.5. The molecule has 8 rings (SSSR count). The maximum absolute atomic E-state index is 7.29. The minimum atomic E-state index is -1.67. The van der Waals surface area contributed by atoms with E-state index in [-0.39, 0.29) is 0 Å². The Morgan fingerprint density at radius 1 is 0.357 bits per heavy atom. The van der Waals surface area contributed by atoms with Gasteiger partial charge in [-0.25, -0.2) is 20.0 Å². The summed E-state index contributed by atoms with van der Waals surface area (Å²) in [6, 6.07) is 46.4. The number of aliphatic imine (C=N–C) groups is 4. The highest BCUT2D eigenvalue weighted by Crippen LogP contribution is 2.57. The topological polar surface area (TPSA) is 86.4 Å². The first-order chi connectivity index (χ1) is 27.4. The molecule has 6 aromatic carbocycles. The van der Waals surface area contributed by atoms with Crippen molar-refractivity contribution >= 4 is 46.0 Å². The van der Waals surface area contributed by atoms with E-state index in [0.717, 1.165) is 11.1 Å². The minimum absolute atomic E-state index is 0.423. The number of hydrogen-bond acceptors (Lipinski definition) is 8. The second kappa shape index (κ2) is 15.1. The molecule has 0 N–H and O–H groups in total. The number of hydrogen-bond donors (Lipinski definition) is 0. The largest absolute Gasteiger partial charge is 0.493 e. The Bertz CT molecular complexity index is 2440. The third kappa shape index (κ3) is 6.11. The van der Waals surface area contributed by atoms with Gasteiger partial charge in [-0.3, -0.25) is 0 Å². The summed E-state index contributed by atoms with van der Waals surface area (Å²) < 4.78 is 22.8. The van der Waals surface area contributed by atoms with E-state index in [0.29, 0.717) is 78.1 Å². The van der Waals surface area contributed by atoms with Crippen molar-refractivity contribution in [2.75, 3.05) is 28.4 Å². The lowest BCUT2D eigenvalue weighted by Crippen LogP contribution is -2.43. The van der Waals surface area contributed by atoms with Crippen LogP contribution in [0.2, 0.25) is 10.0 Å². The van der Waals surface area contributed by atoms with Crippen molar-refractivity contribution in [1.29, 1.82) is 0 Å². The second-order valence-electron chi connectivity index (χ2n) is 13.0. The number of nitrogens with zero attached hydrogens (tertiary/aromatic N) is 4. The molecule has 8 nitrogen and oxygen atoms in total. The maximum atomic E-state index is 7.29. The van der Waals surface area contributed by atoms with E-state index < -0.39 is 11.3 Å². The molecule has 0 radical (unpaired) electrons. The number of benzene rings is 6. The van der Waals surface area contributed by atoms with Crippen molar-refractivity contribution in [3.05, 3.63) is 189 Å². The molecular weight excluding hydrogens is 743 g/mol. The quantitative estimate of drug-likeness (QED) is 0.131. The smallest absolute Gasteiger partial charge is 0.227 e. The number of rotatable bonds is 11. The fourth-order valence-corrected chi connectivity index (χ4v) is 7.82. The van der Waals surface area contributed by atoms with Crippen molar-refractivity contribution < 1.29 is 18.9 Å². The molecule has 0 saturated heterocycles. The van der Waals surface area contributed by atoms with E-state index in [9.17, 15) is 0 Å². The van der Waals surface area contributed by atoms with Gasteiger partial charge in [0.1, 0.15) is 0 Å². The highest BCUT2D eigenvalue weighted by molar-refractivity contribution is 6.56. The van der Waals surface area contributed by atoms with Gasteiger partial charge >= 0.3 is 0 Å². The Balaban J connectivity index is 1.55. The van der Waals surface area contributed by atoms with Crippen LogP contribution in [0, 0.1) is 0 Å². The summed E-state index contributed by atoms with van der Waals surface area (Å²) >= 11 is 14.6. The molecular formula is C46H36Cl2N4O4. The van der Waals surface area contributed by atoms with Crippen molar-refractivity contribution in [2.24, 2.45) is 20.0 Å². The van der Waals surface area contributed by atoms with E-state index in [1.54, 1.807) is 28.4 Å². The van der Waals surface area contributed by atoms with E-state index in [1.165, 1.54) is 0 Å². The Morgan fingerprint density at radius 2 is 0.679 bits per heavy atom. The monoisotopic (exact) mass is 778 g/mol. The number of ether oxygens (including phenoxy) is 4. The fourth-order valence-electron chi connectivity index (χ4n) is 7.29. The first kappa shape index (κ1) is 36.7. The van der Waals surface area contributed by atoms with Gasteiger partial charge in [0.25, 0.3) is 0 Å². The molecule has 2 heterocycles. The molecule has 2 aliphatic rings. The molecule has 0 fully saturated rings. The van der Waals surface area contributed by atoms with Crippen LogP contribution in [0.25, 0.3) is 0 Å². The van der Waals surface area contributed by atoms with Crippen LogP contribution in [0.1, 0.15) is 33.4 Å². The highest BCUT2D eigenvalue weighted by Gasteiger charge is 2.61. The van der Waals surface area contributed by atoms with Crippen LogP contribution < -0.4 is 18.9 Å². The lowest BCUT2D eigenvalue weighted by molar-refractivity contribution is 0.257. The Hall–Kier alpha value is -6.22. The lowest BCUT2D eigenvalue weighted by atomic mass is 9.82. The first-order valence-corrected chi connectivity index (χ1v) is 18.6. The van der Waals surface area contributed by atoms with Crippen LogP contribution in [0.15, 0.2) is 166 Å². The third-order valence-corrected chi connectivity index (χ3v) is 10.6. The normalized spacial score (nSPS) is 15.3. The van der Waals surface area contributed by atoms with Crippen molar-refractivity contribution in [3.63, 3.8) is 0 Å². The average molecular weight is 780 g/mol. The lowest BCUT2D eigenvalue weighted by Gasteiger charge is -2.39. The summed E-state index contributed by atoms with van der Waals surface area (Å²) in [5.41, 5.74) is 3.38. The van der Waals surface area contributed by atoms with Gasteiger partial charge in [-0.2, -0.15) is 0 Å². The van der Waals surface area contributed by atoms with Crippen LogP contribution in [0.3, 0.4) is 0 Å². The zero-order valence-electron chi connectivity index (χ0n) is 31.0. The van der Waals surface area contributed by atoms with Crippen LogP contribution in [0.5, 0.6) is 23.0 Å². The van der Waals surface area contributed by atoms with E-state index in [2.05, 4.69) is 0 Å². The van der Waals surface area contributed by atoms with Gasteiger partial charge in [-0.05, 0) is 48.5 Å². The van der Waals surface area contributed by atoms with Gasteiger partial charge in [0.2, 0.25) is 11.3 Å². The third-order valence-electron chi connectivity index (χ3n) is 9.94. The first-order valence-electron chi connectivity index (χ1n) is 17.8. The van der Waals surface area contributed by atoms with Crippen LogP contribution in [-0.2, 0) is 11.3 Å². The van der Waals surface area contributed by atoms with Crippen LogP contribution >= 0.6 is 23.2 Å². The molecule has 0 aliphatic carbocycles. The molecule has 0 unspecified atom stereocenters. The molecule has 0 amide bonds. The zero-order chi connectivity index (χ0) is 38.9. The van der Waals surface area contributed by atoms with Crippen molar-refractivity contribution in [2.45, 2.75) is 11.3 Å². The Morgan fingerprint density at radius 3 is 1.02 bits per heavy atom. The molecule has 2 aliphatic heterocycles. The maximum Gasteiger partial charge on any atom is 0.227 e. The molecule has 0 saturated carbocycles. The second-order valence-corrected chi connectivity index (χ2v) is 13.8. The SMILES string of the molecule is COc1ccc(C2=NC(c3ccccc3Cl)(C3(c4ccccc4Cl)N=C(c4ccccc4)C(c4ccccc4)=N3)N=C2c2ccc(OC)c(OC)c2)cc1OC. The average Bonchev–Trinajstić information content (AvgIpc) is 3.87. The molecule has 0 aromatic heterocycles. The van der Waals surface area contributed by atoms with Gasteiger partial charge in [-0.15, -0.1) is 0 Å². The molecule has 278 valence electrons.